The molecule has 0 saturated heterocycles. The summed E-state index contributed by atoms with van der Waals surface area (Å²) < 4.78 is 0. The van der Waals surface area contributed by atoms with Gasteiger partial charge in [0.25, 0.3) is 0 Å². The van der Waals surface area contributed by atoms with Gasteiger partial charge < -0.3 is 10.8 Å². The van der Waals surface area contributed by atoms with Crippen molar-refractivity contribution in [3.63, 3.8) is 0 Å². The number of ketones is 1. The summed E-state index contributed by atoms with van der Waals surface area (Å²) >= 11 is 0. The van der Waals surface area contributed by atoms with Gasteiger partial charge in [-0.3, -0.25) is 9.59 Å². The van der Waals surface area contributed by atoms with Crippen LogP contribution >= 0.6 is 0 Å². The summed E-state index contributed by atoms with van der Waals surface area (Å²) in [7, 11) is 0. The van der Waals surface area contributed by atoms with Crippen molar-refractivity contribution in [2.45, 2.75) is 26.7 Å². The highest BCUT2D eigenvalue weighted by molar-refractivity contribution is 6.02. The first-order valence-corrected chi connectivity index (χ1v) is 6.52. The maximum atomic E-state index is 12.5. The minimum atomic E-state index is -0.790. The van der Waals surface area contributed by atoms with Crippen LogP contribution in [0.25, 0.3) is 0 Å². The largest absolute Gasteiger partial charge is 0.507 e. The quantitative estimate of drug-likeness (QED) is 0.593. The molecule has 0 fully saturated rings. The molecule has 0 bridgehead atoms. The molecule has 1 unspecified atom stereocenters. The minimum absolute atomic E-state index is 0.0510. The minimum Gasteiger partial charge on any atom is -0.507 e. The first-order chi connectivity index (χ1) is 9.29. The lowest BCUT2D eigenvalue weighted by molar-refractivity contribution is -0.122. The van der Waals surface area contributed by atoms with Gasteiger partial charge in [-0.25, -0.2) is 0 Å². The van der Waals surface area contributed by atoms with Crippen LogP contribution in [0.3, 0.4) is 0 Å². The molecule has 0 aliphatic heterocycles. The van der Waals surface area contributed by atoms with E-state index in [2.05, 4.69) is 6.58 Å². The highest BCUT2D eigenvalue weighted by atomic mass is 16.3. The van der Waals surface area contributed by atoms with Gasteiger partial charge in [-0.1, -0.05) is 32.1 Å². The Hall–Kier alpha value is -2.10. The van der Waals surface area contributed by atoms with Crippen LogP contribution in [0, 0.1) is 11.3 Å². The van der Waals surface area contributed by atoms with E-state index in [-0.39, 0.29) is 17.1 Å². The normalized spacial score (nSPS) is 12.7. The third kappa shape index (κ3) is 3.70. The molecule has 20 heavy (non-hydrogen) atoms. The molecule has 0 saturated carbocycles. The molecule has 0 aromatic heterocycles. The molecule has 0 radical (unpaired) electrons. The summed E-state index contributed by atoms with van der Waals surface area (Å²) in [5.41, 5.74) is 4.82. The lowest BCUT2D eigenvalue weighted by Gasteiger charge is -2.27. The maximum absolute atomic E-state index is 12.5. The van der Waals surface area contributed by atoms with E-state index in [0.29, 0.717) is 12.8 Å². The number of hydrogen-bond donors (Lipinski definition) is 2. The van der Waals surface area contributed by atoms with E-state index >= 15 is 0 Å². The van der Waals surface area contributed by atoms with Gasteiger partial charge in [0.2, 0.25) is 5.91 Å². The molecule has 0 aliphatic carbocycles. The van der Waals surface area contributed by atoms with Crippen molar-refractivity contribution in [2.24, 2.45) is 17.1 Å². The van der Waals surface area contributed by atoms with Crippen LogP contribution in [-0.4, -0.2) is 16.8 Å². The number of phenols is 1. The van der Waals surface area contributed by atoms with E-state index in [0.717, 1.165) is 0 Å². The first kappa shape index (κ1) is 16.0. The van der Waals surface area contributed by atoms with Crippen molar-refractivity contribution >= 4 is 11.7 Å². The van der Waals surface area contributed by atoms with Gasteiger partial charge in [0, 0.05) is 11.3 Å². The zero-order valence-corrected chi connectivity index (χ0v) is 11.9. The fourth-order valence-electron chi connectivity index (χ4n) is 2.24. The van der Waals surface area contributed by atoms with Crippen molar-refractivity contribution in [1.82, 2.24) is 0 Å². The van der Waals surface area contributed by atoms with Crippen LogP contribution in [-0.2, 0) is 4.79 Å². The second kappa shape index (κ2) is 6.37. The summed E-state index contributed by atoms with van der Waals surface area (Å²) in [6.07, 6.45) is 2.38. The Kier molecular flexibility index (Phi) is 5.08. The van der Waals surface area contributed by atoms with Crippen molar-refractivity contribution in [3.05, 3.63) is 42.5 Å². The fraction of sp³-hybridized carbons (Fsp3) is 0.375. The number of hydrogen-bond acceptors (Lipinski definition) is 3. The molecule has 4 nitrogen and oxygen atoms in total. The highest BCUT2D eigenvalue weighted by Crippen LogP contribution is 2.33. The molecule has 4 heteroatoms. The Balaban J connectivity index is 2.98. The number of benzene rings is 1. The highest BCUT2D eigenvalue weighted by Gasteiger charge is 2.34. The molecular weight excluding hydrogens is 254 g/mol. The second-order valence-corrected chi connectivity index (χ2v) is 5.56. The maximum Gasteiger partial charge on any atom is 0.220 e. The first-order valence-electron chi connectivity index (χ1n) is 6.52. The number of nitrogens with two attached hydrogens (primary N) is 1. The van der Waals surface area contributed by atoms with Crippen LogP contribution in [0.15, 0.2) is 36.9 Å². The van der Waals surface area contributed by atoms with Crippen LogP contribution in [0.5, 0.6) is 5.75 Å². The number of phenolic OH excluding ortho intramolecular Hbond substituents is 1. The molecule has 1 amide bonds. The molecule has 3 N–H and O–H groups in total. The van der Waals surface area contributed by atoms with E-state index in [4.69, 9.17) is 5.73 Å². The lowest BCUT2D eigenvalue weighted by atomic mass is 9.76. The number of para-hydroxylation sites is 1. The zero-order chi connectivity index (χ0) is 15.3. The molecule has 0 aliphatic rings. The van der Waals surface area contributed by atoms with Crippen LogP contribution in [0.1, 0.15) is 37.0 Å². The van der Waals surface area contributed by atoms with Crippen LogP contribution < -0.4 is 5.73 Å². The Bertz CT molecular complexity index is 520. The van der Waals surface area contributed by atoms with E-state index in [1.165, 1.54) is 6.07 Å². The molecule has 1 atom stereocenters. The molecule has 0 spiro atoms. The predicted octanol–water partition coefficient (Wildman–Crippen LogP) is 2.67. The predicted molar refractivity (Wildman–Crippen MR) is 78.3 cm³/mol. The standard InChI is InChI=1S/C16H21NO3/c1-4-7-11(15(17)20)10-16(2,3)14(19)12-8-5-6-9-13(12)18/h4-6,8-9,11,18H,1,7,10H2,2-3H3,(H2,17,20). The van der Waals surface area contributed by atoms with E-state index in [9.17, 15) is 14.7 Å². The molecule has 1 aromatic rings. The lowest BCUT2D eigenvalue weighted by Crippen LogP contribution is -2.33. The summed E-state index contributed by atoms with van der Waals surface area (Å²) in [6.45, 7) is 7.10. The summed E-state index contributed by atoms with van der Waals surface area (Å²) in [5, 5.41) is 9.76. The van der Waals surface area contributed by atoms with Crippen molar-refractivity contribution in [2.75, 3.05) is 0 Å². The van der Waals surface area contributed by atoms with Gasteiger partial charge in [-0.05, 0) is 25.0 Å². The number of primary amides is 1. The number of carbonyl (C=O) groups is 2. The van der Waals surface area contributed by atoms with Gasteiger partial charge in [0.05, 0.1) is 5.56 Å². The molecular formula is C16H21NO3. The van der Waals surface area contributed by atoms with E-state index in [1.807, 2.05) is 0 Å². The summed E-state index contributed by atoms with van der Waals surface area (Å²) in [6, 6.07) is 6.40. The van der Waals surface area contributed by atoms with E-state index in [1.54, 1.807) is 38.1 Å². The van der Waals surface area contributed by atoms with Gasteiger partial charge in [0.1, 0.15) is 5.75 Å². The fourth-order valence-corrected chi connectivity index (χ4v) is 2.24. The third-order valence-corrected chi connectivity index (χ3v) is 3.37. The third-order valence-electron chi connectivity index (χ3n) is 3.37. The van der Waals surface area contributed by atoms with Gasteiger partial charge in [-0.15, -0.1) is 6.58 Å². The Morgan fingerprint density at radius 2 is 2.00 bits per heavy atom. The Morgan fingerprint density at radius 1 is 1.40 bits per heavy atom. The SMILES string of the molecule is C=CCC(CC(C)(C)C(=O)c1ccccc1O)C(N)=O. The zero-order valence-electron chi connectivity index (χ0n) is 11.9. The molecule has 1 aromatic carbocycles. The van der Waals surface area contributed by atoms with Crippen LogP contribution in [0.4, 0.5) is 0 Å². The Labute approximate surface area is 119 Å². The monoisotopic (exact) mass is 275 g/mol. The van der Waals surface area contributed by atoms with Gasteiger partial charge >= 0.3 is 0 Å². The number of rotatable bonds is 7. The number of carbonyl (C=O) groups excluding carboxylic acids is 2. The summed E-state index contributed by atoms with van der Waals surface area (Å²) in [4.78, 5) is 23.9. The molecule has 108 valence electrons. The Morgan fingerprint density at radius 3 is 2.50 bits per heavy atom. The average molecular weight is 275 g/mol. The number of aromatic hydroxyl groups is 1. The van der Waals surface area contributed by atoms with Gasteiger partial charge in [0.15, 0.2) is 5.78 Å². The number of amides is 1. The average Bonchev–Trinajstić information content (AvgIpc) is 2.37. The van der Waals surface area contributed by atoms with Gasteiger partial charge in [-0.2, -0.15) is 0 Å². The summed E-state index contributed by atoms with van der Waals surface area (Å²) in [5.74, 6) is -1.13. The topological polar surface area (TPSA) is 80.4 Å². The number of Topliss-reactive ketones (excluding diaryl/α,β-unsaturated/α-hetero) is 1. The number of allylic oxidation sites excluding steroid dienone is 1. The van der Waals surface area contributed by atoms with Crippen molar-refractivity contribution in [3.8, 4) is 5.75 Å². The molecule has 1 rings (SSSR count). The molecule has 0 heterocycles. The van der Waals surface area contributed by atoms with Crippen LogP contribution in [0.2, 0.25) is 0 Å². The van der Waals surface area contributed by atoms with E-state index < -0.39 is 17.2 Å². The second-order valence-electron chi connectivity index (χ2n) is 5.56. The smallest absolute Gasteiger partial charge is 0.220 e. The van der Waals surface area contributed by atoms with Crippen molar-refractivity contribution < 1.29 is 14.7 Å². The van der Waals surface area contributed by atoms with Crippen molar-refractivity contribution in [1.29, 1.82) is 0 Å².